The third-order valence-electron chi connectivity index (χ3n) is 2.95. The number of rotatable bonds is 7. The van der Waals surface area contributed by atoms with Crippen molar-refractivity contribution in [2.45, 2.75) is 38.9 Å². The fraction of sp³-hybridized carbons (Fsp3) is 0.750. The van der Waals surface area contributed by atoms with E-state index in [-0.39, 0.29) is 11.0 Å². The van der Waals surface area contributed by atoms with Crippen LogP contribution in [0.1, 0.15) is 33.6 Å². The molecule has 4 heteroatoms. The summed E-state index contributed by atoms with van der Waals surface area (Å²) in [6, 6.07) is 0. The summed E-state index contributed by atoms with van der Waals surface area (Å²) in [5.41, 5.74) is 1.87. The lowest BCUT2D eigenvalue weighted by atomic mass is 9.96. The van der Waals surface area contributed by atoms with Crippen LogP contribution in [-0.2, 0) is 4.79 Å². The number of nitrogens with one attached hydrogen (secondary N) is 1. The summed E-state index contributed by atoms with van der Waals surface area (Å²) in [5.74, 6) is 0.140. The van der Waals surface area contributed by atoms with Gasteiger partial charge >= 0.3 is 0 Å². The van der Waals surface area contributed by atoms with Gasteiger partial charge in [-0.1, -0.05) is 13.3 Å². The molecule has 0 bridgehead atoms. The van der Waals surface area contributed by atoms with E-state index in [2.05, 4.69) is 43.6 Å². The van der Waals surface area contributed by atoms with Crippen LogP contribution in [0.15, 0.2) is 11.4 Å². The second kappa shape index (κ2) is 6.18. The molecule has 0 amide bonds. The van der Waals surface area contributed by atoms with Crippen LogP contribution in [0.5, 0.6) is 0 Å². The quantitative estimate of drug-likeness (QED) is 0.527. The van der Waals surface area contributed by atoms with Crippen molar-refractivity contribution in [1.82, 2.24) is 10.2 Å². The van der Waals surface area contributed by atoms with E-state index in [1.807, 2.05) is 0 Å². The zero-order valence-corrected chi connectivity index (χ0v) is 11.3. The molecular weight excluding hydrogens is 220 g/mol. The summed E-state index contributed by atoms with van der Waals surface area (Å²) in [6.45, 7) is 9.07. The Morgan fingerprint density at radius 1 is 1.31 bits per heavy atom. The van der Waals surface area contributed by atoms with Crippen LogP contribution in [0.3, 0.4) is 0 Å². The van der Waals surface area contributed by atoms with Gasteiger partial charge in [0.2, 0.25) is 0 Å². The van der Waals surface area contributed by atoms with Crippen molar-refractivity contribution in [3.63, 3.8) is 0 Å². The summed E-state index contributed by atoms with van der Waals surface area (Å²) in [5, 5.41) is 3.02. The van der Waals surface area contributed by atoms with Gasteiger partial charge < -0.3 is 10.2 Å². The third kappa shape index (κ3) is 2.54. The van der Waals surface area contributed by atoms with Crippen LogP contribution in [-0.4, -0.2) is 35.6 Å². The van der Waals surface area contributed by atoms with E-state index in [0.717, 1.165) is 43.9 Å². The summed E-state index contributed by atoms with van der Waals surface area (Å²) in [7, 11) is 0. The second-order valence-corrected chi connectivity index (χ2v) is 4.50. The number of hydrogen-bond donors (Lipinski definition) is 2. The van der Waals surface area contributed by atoms with Crippen molar-refractivity contribution in [1.29, 1.82) is 0 Å². The normalized spacial score (nSPS) is 19.8. The Balaban J connectivity index is 2.70. The van der Waals surface area contributed by atoms with E-state index in [9.17, 15) is 4.79 Å². The highest BCUT2D eigenvalue weighted by Crippen LogP contribution is 2.30. The first-order chi connectivity index (χ1) is 7.67. The molecule has 0 fully saturated rings. The lowest BCUT2D eigenvalue weighted by Gasteiger charge is -2.37. The zero-order valence-electron chi connectivity index (χ0n) is 10.4. The Hall–Kier alpha value is -0.640. The Kier molecular flexibility index (Phi) is 5.19. The minimum atomic E-state index is -0.218. The smallest absolute Gasteiger partial charge is 0.199 e. The van der Waals surface area contributed by atoms with Gasteiger partial charge in [0.25, 0.3) is 0 Å². The molecule has 3 nitrogen and oxygen atoms in total. The van der Waals surface area contributed by atoms with Gasteiger partial charge in [-0.15, -0.1) is 0 Å². The summed E-state index contributed by atoms with van der Waals surface area (Å²) in [4.78, 5) is 13.9. The van der Waals surface area contributed by atoms with Gasteiger partial charge in [-0.2, -0.15) is 12.6 Å². The number of nitrogens with zero attached hydrogens (tertiary/aromatic N) is 1. The fourth-order valence-electron chi connectivity index (χ4n) is 1.91. The van der Waals surface area contributed by atoms with Gasteiger partial charge in [-0.3, -0.25) is 4.79 Å². The number of hydrogen-bond acceptors (Lipinski definition) is 4. The number of thiol groups is 1. The van der Waals surface area contributed by atoms with E-state index >= 15 is 0 Å². The molecule has 0 radical (unpaired) electrons. The van der Waals surface area contributed by atoms with Crippen molar-refractivity contribution in [3.05, 3.63) is 11.4 Å². The number of carbonyl (C=O) groups excluding carboxylic acids is 1. The first kappa shape index (κ1) is 13.4. The van der Waals surface area contributed by atoms with Crippen molar-refractivity contribution in [3.8, 4) is 0 Å². The first-order valence-corrected chi connectivity index (χ1v) is 6.64. The zero-order chi connectivity index (χ0) is 12.1. The molecule has 1 atom stereocenters. The Morgan fingerprint density at radius 3 is 2.44 bits per heavy atom. The van der Waals surface area contributed by atoms with Crippen molar-refractivity contribution in [2.75, 3.05) is 19.6 Å². The molecule has 0 saturated carbocycles. The van der Waals surface area contributed by atoms with Gasteiger partial charge in [0.05, 0.1) is 5.70 Å². The molecule has 0 aliphatic heterocycles. The molecule has 1 N–H and O–H groups in total. The molecular formula is C12H22N2OS. The highest BCUT2D eigenvalue weighted by molar-refractivity contribution is 7.82. The molecule has 1 aliphatic rings. The Labute approximate surface area is 104 Å². The maximum atomic E-state index is 11.7. The first-order valence-electron chi connectivity index (χ1n) is 6.12. The monoisotopic (exact) mass is 242 g/mol. The molecule has 0 aromatic rings. The average molecular weight is 242 g/mol. The highest BCUT2D eigenvalue weighted by Gasteiger charge is 2.38. The predicted octanol–water partition coefficient (Wildman–Crippen LogP) is 1.81. The lowest BCUT2D eigenvalue weighted by molar-refractivity contribution is -0.117. The largest absolute Gasteiger partial charge is 0.381 e. The summed E-state index contributed by atoms with van der Waals surface area (Å²) in [6.07, 6.45) is 2.24. The maximum Gasteiger partial charge on any atom is 0.199 e. The number of unbranched alkanes of at least 4 members (excludes halogenated alkanes) is 1. The molecule has 92 valence electrons. The molecule has 1 unspecified atom stereocenters. The van der Waals surface area contributed by atoms with Gasteiger partial charge in [0.15, 0.2) is 5.78 Å². The van der Waals surface area contributed by atoms with Crippen LogP contribution in [0.25, 0.3) is 0 Å². The molecule has 1 aliphatic carbocycles. The molecule has 0 heterocycles. The number of carbonyl (C=O) groups is 1. The van der Waals surface area contributed by atoms with E-state index < -0.39 is 0 Å². The minimum Gasteiger partial charge on any atom is -0.381 e. The van der Waals surface area contributed by atoms with Gasteiger partial charge in [0, 0.05) is 19.6 Å². The van der Waals surface area contributed by atoms with Crippen molar-refractivity contribution >= 4 is 18.4 Å². The average Bonchev–Trinajstić information content (AvgIpc) is 2.32. The summed E-state index contributed by atoms with van der Waals surface area (Å²) < 4.78 is 0. The lowest BCUT2D eigenvalue weighted by Crippen LogP contribution is -2.47. The van der Waals surface area contributed by atoms with Crippen LogP contribution < -0.4 is 5.32 Å². The Morgan fingerprint density at radius 2 is 1.94 bits per heavy atom. The topological polar surface area (TPSA) is 32.3 Å². The third-order valence-corrected chi connectivity index (χ3v) is 3.43. The SMILES string of the molecule is CCCCNC1=C(N(CC)CC)C(S)C1=O. The van der Waals surface area contributed by atoms with Crippen LogP contribution in [0, 0.1) is 0 Å². The van der Waals surface area contributed by atoms with Gasteiger partial charge in [-0.05, 0) is 20.3 Å². The van der Waals surface area contributed by atoms with Crippen LogP contribution >= 0.6 is 12.6 Å². The minimum absolute atomic E-state index is 0.140. The number of ketones is 1. The van der Waals surface area contributed by atoms with Crippen LogP contribution in [0.2, 0.25) is 0 Å². The van der Waals surface area contributed by atoms with E-state index in [0.29, 0.717) is 0 Å². The maximum absolute atomic E-state index is 11.7. The molecule has 16 heavy (non-hydrogen) atoms. The molecule has 1 rings (SSSR count). The highest BCUT2D eigenvalue weighted by atomic mass is 32.1. The summed E-state index contributed by atoms with van der Waals surface area (Å²) >= 11 is 4.34. The molecule has 0 aromatic carbocycles. The number of Topliss-reactive ketones (excluding diaryl/α,β-unsaturated/α-hetero) is 1. The van der Waals surface area contributed by atoms with Crippen molar-refractivity contribution in [2.24, 2.45) is 0 Å². The van der Waals surface area contributed by atoms with Gasteiger partial charge in [0.1, 0.15) is 10.9 Å². The molecule has 0 aromatic heterocycles. The standard InChI is InChI=1S/C12H22N2OS/c1-4-7-8-13-9-10(12(16)11(9)15)14(5-2)6-3/h12-13,16H,4-8H2,1-3H3. The Bertz CT molecular complexity index is 285. The van der Waals surface area contributed by atoms with E-state index in [4.69, 9.17) is 0 Å². The van der Waals surface area contributed by atoms with Gasteiger partial charge in [-0.25, -0.2) is 0 Å². The van der Waals surface area contributed by atoms with Crippen molar-refractivity contribution < 1.29 is 4.79 Å². The molecule has 0 spiro atoms. The number of allylic oxidation sites excluding steroid dienone is 1. The van der Waals surface area contributed by atoms with E-state index in [1.165, 1.54) is 0 Å². The fourth-order valence-corrected chi connectivity index (χ4v) is 2.33. The predicted molar refractivity (Wildman–Crippen MR) is 70.6 cm³/mol. The molecule has 0 saturated heterocycles. The van der Waals surface area contributed by atoms with E-state index in [1.54, 1.807) is 0 Å². The van der Waals surface area contributed by atoms with Crippen LogP contribution in [0.4, 0.5) is 0 Å². The second-order valence-electron chi connectivity index (χ2n) is 3.98.